The van der Waals surface area contributed by atoms with E-state index in [4.69, 9.17) is 0 Å². The van der Waals surface area contributed by atoms with Gasteiger partial charge >= 0.3 is 0 Å². The van der Waals surface area contributed by atoms with Crippen molar-refractivity contribution in [2.45, 2.75) is 25.8 Å². The minimum Gasteiger partial charge on any atom is -0.384 e. The summed E-state index contributed by atoms with van der Waals surface area (Å²) in [6.07, 6.45) is 0.915. The predicted molar refractivity (Wildman–Crippen MR) is 91.7 cm³/mol. The van der Waals surface area contributed by atoms with Crippen molar-refractivity contribution in [3.8, 4) is 0 Å². The van der Waals surface area contributed by atoms with Crippen LogP contribution in [0.3, 0.4) is 0 Å². The van der Waals surface area contributed by atoms with Gasteiger partial charge in [-0.2, -0.15) is 0 Å². The van der Waals surface area contributed by atoms with Crippen LogP contribution in [0.5, 0.6) is 0 Å². The van der Waals surface area contributed by atoms with Gasteiger partial charge in [-0.3, -0.25) is 4.79 Å². The van der Waals surface area contributed by atoms with E-state index in [1.54, 1.807) is 4.90 Å². The fourth-order valence-corrected chi connectivity index (χ4v) is 4.85. The molecule has 7 heteroatoms. The second-order valence-electron chi connectivity index (χ2n) is 5.42. The van der Waals surface area contributed by atoms with Gasteiger partial charge in [0.15, 0.2) is 9.84 Å². The summed E-state index contributed by atoms with van der Waals surface area (Å²) in [4.78, 5) is 14.0. The Morgan fingerprint density at radius 3 is 2.82 bits per heavy atom. The van der Waals surface area contributed by atoms with Crippen LogP contribution in [0.4, 0.5) is 5.69 Å². The van der Waals surface area contributed by atoms with Gasteiger partial charge in [0.2, 0.25) is 5.91 Å². The maximum Gasteiger partial charge on any atom is 0.224 e. The molecule has 1 fully saturated rings. The van der Waals surface area contributed by atoms with E-state index in [0.717, 1.165) is 10.2 Å². The van der Waals surface area contributed by atoms with E-state index in [-0.39, 0.29) is 23.5 Å². The summed E-state index contributed by atoms with van der Waals surface area (Å²) >= 11 is 3.40. The van der Waals surface area contributed by atoms with Gasteiger partial charge in [-0.1, -0.05) is 22.0 Å². The third kappa shape index (κ3) is 4.71. The van der Waals surface area contributed by atoms with E-state index < -0.39 is 9.84 Å². The minimum absolute atomic E-state index is 0.00657. The Morgan fingerprint density at radius 1 is 1.45 bits per heavy atom. The summed E-state index contributed by atoms with van der Waals surface area (Å²) in [7, 11) is -2.97. The Kier molecular flexibility index (Phi) is 5.86. The number of benzene rings is 1. The zero-order valence-corrected chi connectivity index (χ0v) is 15.0. The topological polar surface area (TPSA) is 66.5 Å². The highest BCUT2D eigenvalue weighted by Crippen LogP contribution is 2.19. The maximum atomic E-state index is 12.3. The number of hydrogen-bond donors (Lipinski definition) is 1. The van der Waals surface area contributed by atoms with Crippen molar-refractivity contribution in [2.24, 2.45) is 0 Å². The van der Waals surface area contributed by atoms with Crippen LogP contribution in [0, 0.1) is 0 Å². The number of rotatable bonds is 6. The first-order valence-corrected chi connectivity index (χ1v) is 10.0. The molecule has 0 bridgehead atoms. The molecule has 1 saturated heterocycles. The molecule has 1 aromatic rings. The predicted octanol–water partition coefficient (Wildman–Crippen LogP) is 2.29. The van der Waals surface area contributed by atoms with Gasteiger partial charge in [0.05, 0.1) is 11.5 Å². The number of carbonyl (C=O) groups is 1. The summed E-state index contributed by atoms with van der Waals surface area (Å²) in [5.41, 5.74) is 0.952. The highest BCUT2D eigenvalue weighted by molar-refractivity contribution is 9.10. The molecule has 5 nitrogen and oxygen atoms in total. The number of carbonyl (C=O) groups excluding carboxylic acids is 1. The van der Waals surface area contributed by atoms with Crippen LogP contribution in [0.1, 0.15) is 19.8 Å². The summed E-state index contributed by atoms with van der Waals surface area (Å²) < 4.78 is 24.1. The van der Waals surface area contributed by atoms with Gasteiger partial charge in [0.1, 0.15) is 0 Å². The molecule has 0 aliphatic carbocycles. The lowest BCUT2D eigenvalue weighted by Gasteiger charge is -2.27. The van der Waals surface area contributed by atoms with Crippen molar-refractivity contribution in [3.05, 3.63) is 28.7 Å². The van der Waals surface area contributed by atoms with E-state index in [9.17, 15) is 13.2 Å². The Bertz CT molecular complexity index is 633. The fourth-order valence-electron chi connectivity index (χ4n) is 2.72. The molecule has 1 atom stereocenters. The molecule has 1 unspecified atom stereocenters. The second-order valence-corrected chi connectivity index (χ2v) is 8.57. The van der Waals surface area contributed by atoms with Crippen LogP contribution in [0.25, 0.3) is 0 Å². The van der Waals surface area contributed by atoms with Crippen molar-refractivity contribution in [1.29, 1.82) is 0 Å². The number of nitrogens with zero attached hydrogens (tertiary/aromatic N) is 1. The maximum absolute atomic E-state index is 12.3. The van der Waals surface area contributed by atoms with Gasteiger partial charge in [0.25, 0.3) is 0 Å². The van der Waals surface area contributed by atoms with Crippen molar-refractivity contribution in [1.82, 2.24) is 4.90 Å². The van der Waals surface area contributed by atoms with E-state index in [0.29, 0.717) is 25.9 Å². The first kappa shape index (κ1) is 17.3. The van der Waals surface area contributed by atoms with Crippen LogP contribution in [-0.4, -0.2) is 49.9 Å². The molecule has 2 rings (SSSR count). The zero-order chi connectivity index (χ0) is 16.2. The third-order valence-electron chi connectivity index (χ3n) is 3.80. The van der Waals surface area contributed by atoms with Crippen molar-refractivity contribution < 1.29 is 13.2 Å². The lowest BCUT2D eigenvalue weighted by molar-refractivity contribution is -0.132. The van der Waals surface area contributed by atoms with Crippen molar-refractivity contribution in [2.75, 3.05) is 29.9 Å². The summed E-state index contributed by atoms with van der Waals surface area (Å²) in [5.74, 6) is 0.302. The Hall–Kier alpha value is -1.08. The molecule has 1 aliphatic heterocycles. The SMILES string of the molecule is CCN(C(=O)CCNc1cccc(Br)c1)C1CCS(=O)(=O)C1. The largest absolute Gasteiger partial charge is 0.384 e. The van der Waals surface area contributed by atoms with Gasteiger partial charge < -0.3 is 10.2 Å². The molecule has 1 amide bonds. The lowest BCUT2D eigenvalue weighted by Crippen LogP contribution is -2.41. The van der Waals surface area contributed by atoms with Gasteiger partial charge in [-0.05, 0) is 31.5 Å². The molecule has 1 heterocycles. The van der Waals surface area contributed by atoms with E-state index >= 15 is 0 Å². The Morgan fingerprint density at radius 2 is 2.23 bits per heavy atom. The summed E-state index contributed by atoms with van der Waals surface area (Å²) in [6.45, 7) is 2.98. The normalized spacial score (nSPS) is 19.8. The van der Waals surface area contributed by atoms with E-state index in [2.05, 4.69) is 21.2 Å². The zero-order valence-electron chi connectivity index (χ0n) is 12.6. The van der Waals surface area contributed by atoms with Crippen LogP contribution in [-0.2, 0) is 14.6 Å². The molecule has 0 spiro atoms. The van der Waals surface area contributed by atoms with Gasteiger partial charge in [0, 0.05) is 35.7 Å². The van der Waals surface area contributed by atoms with E-state index in [1.807, 2.05) is 31.2 Å². The number of halogens is 1. The fraction of sp³-hybridized carbons (Fsp3) is 0.533. The average molecular weight is 389 g/mol. The highest BCUT2D eigenvalue weighted by atomic mass is 79.9. The lowest BCUT2D eigenvalue weighted by atomic mass is 10.2. The molecule has 0 aromatic heterocycles. The Labute approximate surface area is 140 Å². The van der Waals surface area contributed by atoms with Gasteiger partial charge in [-0.25, -0.2) is 8.42 Å². The number of sulfone groups is 1. The third-order valence-corrected chi connectivity index (χ3v) is 6.05. The van der Waals surface area contributed by atoms with Crippen LogP contribution >= 0.6 is 15.9 Å². The van der Waals surface area contributed by atoms with Crippen LogP contribution < -0.4 is 5.32 Å². The molecule has 0 saturated carbocycles. The van der Waals surface area contributed by atoms with Crippen LogP contribution in [0.15, 0.2) is 28.7 Å². The molecule has 22 heavy (non-hydrogen) atoms. The quantitative estimate of drug-likeness (QED) is 0.811. The second kappa shape index (κ2) is 7.46. The first-order valence-electron chi connectivity index (χ1n) is 7.40. The molecular formula is C15H21BrN2O3S. The Balaban J connectivity index is 1.85. The van der Waals surface area contributed by atoms with Crippen molar-refractivity contribution >= 4 is 37.4 Å². The minimum atomic E-state index is -2.97. The molecule has 1 aliphatic rings. The number of amides is 1. The van der Waals surface area contributed by atoms with Crippen molar-refractivity contribution in [3.63, 3.8) is 0 Å². The molecule has 122 valence electrons. The summed E-state index contributed by atoms with van der Waals surface area (Å²) in [5, 5.41) is 3.21. The highest BCUT2D eigenvalue weighted by Gasteiger charge is 2.33. The number of hydrogen-bond acceptors (Lipinski definition) is 4. The smallest absolute Gasteiger partial charge is 0.224 e. The molecule has 0 radical (unpaired) electrons. The molecule has 1 N–H and O–H groups in total. The van der Waals surface area contributed by atoms with E-state index in [1.165, 1.54) is 0 Å². The number of anilines is 1. The van der Waals surface area contributed by atoms with Gasteiger partial charge in [-0.15, -0.1) is 0 Å². The summed E-state index contributed by atoms with van der Waals surface area (Å²) in [6, 6.07) is 7.60. The molecular weight excluding hydrogens is 368 g/mol. The monoisotopic (exact) mass is 388 g/mol. The average Bonchev–Trinajstić information content (AvgIpc) is 2.80. The number of nitrogens with one attached hydrogen (secondary N) is 1. The first-order chi connectivity index (χ1) is 10.4. The molecule has 1 aromatic carbocycles. The van der Waals surface area contributed by atoms with Crippen LogP contribution in [0.2, 0.25) is 0 Å². The standard InChI is InChI=1S/C15H21BrN2O3S/c1-2-18(14-7-9-22(20,21)11-14)15(19)6-8-17-13-5-3-4-12(16)10-13/h3-5,10,14,17H,2,6-9,11H2,1H3.